The molecule has 5 heteroatoms. The van der Waals surface area contributed by atoms with Gasteiger partial charge in [0.25, 0.3) is 5.69 Å². The molecule has 0 saturated heterocycles. The van der Waals surface area contributed by atoms with E-state index in [9.17, 15) is 10.1 Å². The second kappa shape index (κ2) is 3.12. The average molecular weight is 192 g/mol. The summed E-state index contributed by atoms with van der Waals surface area (Å²) in [4.78, 5) is 10.0. The van der Waals surface area contributed by atoms with Gasteiger partial charge in [0.15, 0.2) is 0 Å². The standard InChI is InChI=1S/C9H8N2O3/c10-8-3-4-14-9-2-1-6(11(12)13)5-7(8)9/h1-5,8H,10H2. The van der Waals surface area contributed by atoms with Crippen molar-refractivity contribution in [1.82, 2.24) is 0 Å². The SMILES string of the molecule is NC1C=COc2ccc([N+](=O)[O-])cc21. The van der Waals surface area contributed by atoms with Crippen molar-refractivity contribution in [3.8, 4) is 5.75 Å². The summed E-state index contributed by atoms with van der Waals surface area (Å²) in [6.07, 6.45) is 3.13. The Labute approximate surface area is 79.9 Å². The molecule has 14 heavy (non-hydrogen) atoms. The first-order valence-electron chi connectivity index (χ1n) is 4.06. The van der Waals surface area contributed by atoms with Gasteiger partial charge < -0.3 is 10.5 Å². The molecular formula is C9H8N2O3. The number of non-ortho nitro benzene ring substituents is 1. The van der Waals surface area contributed by atoms with Crippen LogP contribution >= 0.6 is 0 Å². The minimum absolute atomic E-state index is 0.0260. The highest BCUT2D eigenvalue weighted by Crippen LogP contribution is 2.31. The largest absolute Gasteiger partial charge is 0.465 e. The van der Waals surface area contributed by atoms with Crippen LogP contribution in [-0.4, -0.2) is 4.92 Å². The van der Waals surface area contributed by atoms with E-state index in [2.05, 4.69) is 0 Å². The molecule has 1 unspecified atom stereocenters. The zero-order chi connectivity index (χ0) is 10.1. The van der Waals surface area contributed by atoms with Crippen LogP contribution in [0, 0.1) is 10.1 Å². The van der Waals surface area contributed by atoms with Crippen molar-refractivity contribution in [3.63, 3.8) is 0 Å². The van der Waals surface area contributed by atoms with Gasteiger partial charge in [0, 0.05) is 17.7 Å². The summed E-state index contributed by atoms with van der Waals surface area (Å²) in [6, 6.07) is 4.05. The quantitative estimate of drug-likeness (QED) is 0.540. The van der Waals surface area contributed by atoms with Gasteiger partial charge in [-0.15, -0.1) is 0 Å². The summed E-state index contributed by atoms with van der Waals surface area (Å²) in [6.45, 7) is 0. The van der Waals surface area contributed by atoms with Gasteiger partial charge in [0.2, 0.25) is 0 Å². The number of hydrogen-bond acceptors (Lipinski definition) is 4. The first-order valence-corrected chi connectivity index (χ1v) is 4.06. The number of benzene rings is 1. The minimum Gasteiger partial charge on any atom is -0.465 e. The van der Waals surface area contributed by atoms with Gasteiger partial charge in [0.05, 0.1) is 17.2 Å². The molecule has 0 bridgehead atoms. The number of ether oxygens (including phenoxy) is 1. The zero-order valence-electron chi connectivity index (χ0n) is 7.21. The summed E-state index contributed by atoms with van der Waals surface area (Å²) >= 11 is 0. The average Bonchev–Trinajstić information content (AvgIpc) is 2.18. The smallest absolute Gasteiger partial charge is 0.270 e. The number of rotatable bonds is 1. The number of nitro groups is 1. The van der Waals surface area contributed by atoms with E-state index in [1.165, 1.54) is 18.4 Å². The van der Waals surface area contributed by atoms with E-state index in [0.717, 1.165) is 0 Å². The normalized spacial score (nSPS) is 18.5. The zero-order valence-corrected chi connectivity index (χ0v) is 7.21. The molecule has 0 fully saturated rings. The third-order valence-electron chi connectivity index (χ3n) is 2.04. The molecule has 1 aromatic rings. The Morgan fingerprint density at radius 1 is 1.50 bits per heavy atom. The molecule has 0 saturated carbocycles. The molecule has 0 aromatic heterocycles. The van der Waals surface area contributed by atoms with Gasteiger partial charge in [-0.25, -0.2) is 0 Å². The Hall–Kier alpha value is -1.88. The number of fused-ring (bicyclic) bond motifs is 1. The lowest BCUT2D eigenvalue weighted by atomic mass is 10.0. The topological polar surface area (TPSA) is 78.4 Å². The number of nitrogens with zero attached hydrogens (tertiary/aromatic N) is 1. The van der Waals surface area contributed by atoms with E-state index in [1.807, 2.05) is 0 Å². The lowest BCUT2D eigenvalue weighted by Gasteiger charge is -2.16. The van der Waals surface area contributed by atoms with E-state index >= 15 is 0 Å². The predicted octanol–water partition coefficient (Wildman–Crippen LogP) is 1.50. The van der Waals surface area contributed by atoms with Crippen molar-refractivity contribution < 1.29 is 9.66 Å². The predicted molar refractivity (Wildman–Crippen MR) is 49.8 cm³/mol. The number of nitrogens with two attached hydrogens (primary N) is 1. The van der Waals surface area contributed by atoms with Crippen LogP contribution in [0.1, 0.15) is 11.6 Å². The van der Waals surface area contributed by atoms with Gasteiger partial charge in [-0.2, -0.15) is 0 Å². The molecule has 0 spiro atoms. The Bertz CT molecular complexity index is 415. The Kier molecular flexibility index (Phi) is 1.94. The van der Waals surface area contributed by atoms with Crippen LogP contribution in [0.25, 0.3) is 0 Å². The van der Waals surface area contributed by atoms with Crippen LogP contribution < -0.4 is 10.5 Å². The summed E-state index contributed by atoms with van der Waals surface area (Å²) in [5.74, 6) is 0.575. The molecule has 72 valence electrons. The van der Waals surface area contributed by atoms with E-state index in [4.69, 9.17) is 10.5 Å². The van der Waals surface area contributed by atoms with Crippen molar-refractivity contribution in [3.05, 3.63) is 46.2 Å². The van der Waals surface area contributed by atoms with Crippen LogP contribution in [0.3, 0.4) is 0 Å². The van der Waals surface area contributed by atoms with Gasteiger partial charge in [-0.1, -0.05) is 0 Å². The molecular weight excluding hydrogens is 184 g/mol. The lowest BCUT2D eigenvalue weighted by molar-refractivity contribution is -0.384. The van der Waals surface area contributed by atoms with Gasteiger partial charge >= 0.3 is 0 Å². The van der Waals surface area contributed by atoms with Crippen molar-refractivity contribution in [2.75, 3.05) is 0 Å². The molecule has 5 nitrogen and oxygen atoms in total. The van der Waals surface area contributed by atoms with Gasteiger partial charge in [-0.3, -0.25) is 10.1 Å². The molecule has 2 N–H and O–H groups in total. The molecule has 0 radical (unpaired) electrons. The highest BCUT2D eigenvalue weighted by atomic mass is 16.6. The van der Waals surface area contributed by atoms with Crippen molar-refractivity contribution in [2.24, 2.45) is 5.73 Å². The van der Waals surface area contributed by atoms with Crippen LogP contribution in [0.4, 0.5) is 5.69 Å². The Morgan fingerprint density at radius 3 is 3.00 bits per heavy atom. The van der Waals surface area contributed by atoms with Crippen LogP contribution in [0.15, 0.2) is 30.5 Å². The maximum absolute atomic E-state index is 10.5. The van der Waals surface area contributed by atoms with E-state index in [-0.39, 0.29) is 11.7 Å². The second-order valence-electron chi connectivity index (χ2n) is 2.95. The summed E-state index contributed by atoms with van der Waals surface area (Å²) in [5.41, 5.74) is 6.39. The van der Waals surface area contributed by atoms with Crippen LogP contribution in [0.2, 0.25) is 0 Å². The highest BCUT2D eigenvalue weighted by Gasteiger charge is 2.17. The molecule has 1 aliphatic rings. The van der Waals surface area contributed by atoms with E-state index in [1.54, 1.807) is 12.1 Å². The Balaban J connectivity index is 2.49. The first-order chi connectivity index (χ1) is 6.68. The first kappa shape index (κ1) is 8.71. The molecule has 0 amide bonds. The molecule has 0 aliphatic carbocycles. The Morgan fingerprint density at radius 2 is 2.29 bits per heavy atom. The molecule has 1 aromatic carbocycles. The van der Waals surface area contributed by atoms with E-state index < -0.39 is 4.92 Å². The number of hydrogen-bond donors (Lipinski definition) is 1. The molecule has 1 aliphatic heterocycles. The van der Waals surface area contributed by atoms with Crippen LogP contribution in [-0.2, 0) is 0 Å². The van der Waals surface area contributed by atoms with Gasteiger partial charge in [-0.05, 0) is 12.1 Å². The monoisotopic (exact) mass is 192 g/mol. The maximum atomic E-state index is 10.5. The fourth-order valence-electron chi connectivity index (χ4n) is 1.32. The lowest BCUT2D eigenvalue weighted by Crippen LogP contribution is -2.12. The minimum atomic E-state index is -0.453. The van der Waals surface area contributed by atoms with E-state index in [0.29, 0.717) is 11.3 Å². The summed E-state index contributed by atoms with van der Waals surface area (Å²) in [5, 5.41) is 10.5. The molecule has 1 atom stereocenters. The fourth-order valence-corrected chi connectivity index (χ4v) is 1.32. The second-order valence-corrected chi connectivity index (χ2v) is 2.95. The maximum Gasteiger partial charge on any atom is 0.270 e. The molecule has 1 heterocycles. The fraction of sp³-hybridized carbons (Fsp3) is 0.111. The summed E-state index contributed by atoms with van der Waals surface area (Å²) < 4.78 is 5.15. The number of nitro benzene ring substituents is 1. The van der Waals surface area contributed by atoms with Crippen molar-refractivity contribution in [1.29, 1.82) is 0 Å². The molecule has 2 rings (SSSR count). The third kappa shape index (κ3) is 1.33. The van der Waals surface area contributed by atoms with Crippen LogP contribution in [0.5, 0.6) is 5.75 Å². The van der Waals surface area contributed by atoms with Gasteiger partial charge in [0.1, 0.15) is 5.75 Å². The highest BCUT2D eigenvalue weighted by molar-refractivity contribution is 5.48. The van der Waals surface area contributed by atoms with Crippen molar-refractivity contribution in [2.45, 2.75) is 6.04 Å². The summed E-state index contributed by atoms with van der Waals surface area (Å²) in [7, 11) is 0. The third-order valence-corrected chi connectivity index (χ3v) is 2.04. The van der Waals surface area contributed by atoms with Crippen molar-refractivity contribution >= 4 is 5.69 Å².